The van der Waals surface area contributed by atoms with E-state index in [0.29, 0.717) is 17.7 Å². The van der Waals surface area contributed by atoms with E-state index in [-0.39, 0.29) is 5.56 Å². The summed E-state index contributed by atoms with van der Waals surface area (Å²) >= 11 is 0. The maximum Gasteiger partial charge on any atom is 0.261 e. The Morgan fingerprint density at radius 2 is 1.95 bits per heavy atom. The average molecular weight is 266 g/mol. The monoisotopic (exact) mass is 266 g/mol. The Morgan fingerprint density at radius 1 is 1.15 bits per heavy atom. The van der Waals surface area contributed by atoms with Gasteiger partial charge in [-0.3, -0.25) is 4.79 Å². The van der Waals surface area contributed by atoms with Gasteiger partial charge in [-0.05, 0) is 17.7 Å². The second-order valence-corrected chi connectivity index (χ2v) is 4.63. The molecule has 0 saturated heterocycles. The van der Waals surface area contributed by atoms with Crippen molar-refractivity contribution < 1.29 is 4.42 Å². The molecule has 0 bridgehead atoms. The lowest BCUT2D eigenvalue weighted by Gasteiger charge is -2.03. The normalized spacial score (nSPS) is 10.7. The van der Waals surface area contributed by atoms with E-state index in [2.05, 4.69) is 4.98 Å². The summed E-state index contributed by atoms with van der Waals surface area (Å²) < 4.78 is 6.97. The van der Waals surface area contributed by atoms with Gasteiger partial charge in [0.1, 0.15) is 0 Å². The highest BCUT2D eigenvalue weighted by molar-refractivity contribution is 5.59. The minimum atomic E-state index is -0.0847. The molecule has 0 N–H and O–H groups in total. The lowest BCUT2D eigenvalue weighted by Crippen LogP contribution is -2.17. The van der Waals surface area contributed by atoms with Gasteiger partial charge in [-0.25, -0.2) is 4.98 Å². The van der Waals surface area contributed by atoms with Crippen LogP contribution < -0.4 is 5.56 Å². The Kier molecular flexibility index (Phi) is 3.21. The highest BCUT2D eigenvalue weighted by atomic mass is 16.3. The predicted molar refractivity (Wildman–Crippen MR) is 76.4 cm³/mol. The maximum atomic E-state index is 12.1. The van der Waals surface area contributed by atoms with Gasteiger partial charge in [0.2, 0.25) is 0 Å². The maximum absolute atomic E-state index is 12.1. The fourth-order valence-electron chi connectivity index (χ4n) is 2.17. The van der Waals surface area contributed by atoms with Gasteiger partial charge in [-0.1, -0.05) is 30.3 Å². The van der Waals surface area contributed by atoms with E-state index >= 15 is 0 Å². The van der Waals surface area contributed by atoms with E-state index in [0.717, 1.165) is 11.3 Å². The van der Waals surface area contributed by atoms with Crippen LogP contribution in [0.4, 0.5) is 0 Å². The van der Waals surface area contributed by atoms with Crippen LogP contribution in [-0.2, 0) is 13.5 Å². The molecule has 3 rings (SSSR count). The zero-order valence-corrected chi connectivity index (χ0v) is 11.1. The van der Waals surface area contributed by atoms with Gasteiger partial charge in [-0.2, -0.15) is 0 Å². The van der Waals surface area contributed by atoms with Crippen molar-refractivity contribution in [3.63, 3.8) is 0 Å². The molecule has 3 aromatic rings. The van der Waals surface area contributed by atoms with Crippen molar-refractivity contribution in [2.45, 2.75) is 6.42 Å². The van der Waals surface area contributed by atoms with Gasteiger partial charge in [-0.15, -0.1) is 0 Å². The molecule has 0 saturated carbocycles. The smallest absolute Gasteiger partial charge is 0.261 e. The molecule has 100 valence electrons. The number of aromatic nitrogens is 2. The molecule has 0 aliphatic carbocycles. The van der Waals surface area contributed by atoms with Gasteiger partial charge >= 0.3 is 0 Å². The minimum Gasteiger partial charge on any atom is -0.443 e. The summed E-state index contributed by atoms with van der Waals surface area (Å²) in [5.41, 5.74) is 2.37. The van der Waals surface area contributed by atoms with E-state index < -0.39 is 0 Å². The van der Waals surface area contributed by atoms with Crippen LogP contribution in [0.1, 0.15) is 11.3 Å². The van der Waals surface area contributed by atoms with Gasteiger partial charge < -0.3 is 8.98 Å². The highest BCUT2D eigenvalue weighted by Crippen LogP contribution is 2.22. The molecule has 0 radical (unpaired) electrons. The predicted octanol–water partition coefficient (Wildman–Crippen LogP) is 2.63. The topological polar surface area (TPSA) is 48.0 Å². The minimum absolute atomic E-state index is 0.0847. The van der Waals surface area contributed by atoms with E-state index in [1.165, 1.54) is 11.0 Å². The van der Waals surface area contributed by atoms with Crippen LogP contribution in [0.5, 0.6) is 0 Å². The highest BCUT2D eigenvalue weighted by Gasteiger charge is 2.14. The molecule has 0 fully saturated rings. The van der Waals surface area contributed by atoms with Crippen molar-refractivity contribution in [1.29, 1.82) is 0 Å². The van der Waals surface area contributed by atoms with E-state index in [9.17, 15) is 4.79 Å². The van der Waals surface area contributed by atoms with Gasteiger partial charge in [0.05, 0.1) is 11.3 Å². The van der Waals surface area contributed by atoms with Crippen LogP contribution in [0, 0.1) is 0 Å². The Bertz CT molecular complexity index is 772. The summed E-state index contributed by atoms with van der Waals surface area (Å²) in [6, 6.07) is 13.6. The fraction of sp³-hybridized carbons (Fsp3) is 0.125. The lowest BCUT2D eigenvalue weighted by atomic mass is 10.1. The molecule has 0 aliphatic heterocycles. The molecule has 0 amide bonds. The van der Waals surface area contributed by atoms with Crippen LogP contribution in [0.2, 0.25) is 0 Å². The summed E-state index contributed by atoms with van der Waals surface area (Å²) in [6.45, 7) is 0. The number of nitrogens with zero attached hydrogens (tertiary/aromatic N) is 2. The average Bonchev–Trinajstić information content (AvgIpc) is 2.91. The summed E-state index contributed by atoms with van der Waals surface area (Å²) in [4.78, 5) is 16.4. The van der Waals surface area contributed by atoms with Gasteiger partial charge in [0, 0.05) is 19.7 Å². The first-order valence-corrected chi connectivity index (χ1v) is 6.38. The summed E-state index contributed by atoms with van der Waals surface area (Å²) in [6.07, 6.45) is 3.75. The third-order valence-electron chi connectivity index (χ3n) is 3.22. The zero-order valence-electron chi connectivity index (χ0n) is 11.1. The Hall–Kier alpha value is -2.62. The Labute approximate surface area is 116 Å². The number of benzene rings is 1. The largest absolute Gasteiger partial charge is 0.443 e. The van der Waals surface area contributed by atoms with Gasteiger partial charge in [0.15, 0.2) is 12.2 Å². The van der Waals surface area contributed by atoms with Crippen molar-refractivity contribution >= 4 is 0 Å². The lowest BCUT2D eigenvalue weighted by molar-refractivity contribution is 0.569. The molecule has 4 nitrogen and oxygen atoms in total. The van der Waals surface area contributed by atoms with E-state index in [1.807, 2.05) is 36.4 Å². The first-order valence-electron chi connectivity index (χ1n) is 6.38. The number of rotatable bonds is 3. The first-order chi connectivity index (χ1) is 9.75. The zero-order chi connectivity index (χ0) is 13.9. The molecule has 2 heterocycles. The van der Waals surface area contributed by atoms with Crippen LogP contribution in [0.15, 0.2) is 64.3 Å². The number of oxazole rings is 1. The first kappa shape index (κ1) is 12.4. The molecular formula is C16H14N2O2. The van der Waals surface area contributed by atoms with Crippen molar-refractivity contribution in [1.82, 2.24) is 9.55 Å². The fourth-order valence-corrected chi connectivity index (χ4v) is 2.17. The Balaban J connectivity index is 2.03. The second-order valence-electron chi connectivity index (χ2n) is 4.63. The molecule has 0 unspecified atom stereocenters. The van der Waals surface area contributed by atoms with Crippen LogP contribution in [0.25, 0.3) is 11.3 Å². The molecule has 4 heteroatoms. The molecule has 1 aromatic carbocycles. The van der Waals surface area contributed by atoms with E-state index in [4.69, 9.17) is 4.42 Å². The number of pyridine rings is 1. The molecule has 0 spiro atoms. The van der Waals surface area contributed by atoms with Crippen molar-refractivity contribution in [2.75, 3.05) is 0 Å². The molecule has 0 atom stereocenters. The second kappa shape index (κ2) is 5.17. The molecule has 0 aliphatic rings. The number of hydrogen-bond donors (Lipinski definition) is 0. The van der Waals surface area contributed by atoms with Crippen molar-refractivity contribution in [3.8, 4) is 11.3 Å². The Morgan fingerprint density at radius 3 is 2.75 bits per heavy atom. The SMILES string of the molecule is Cn1cccc(-c2ocnc2Cc2ccccc2)c1=O. The van der Waals surface area contributed by atoms with E-state index in [1.54, 1.807) is 19.3 Å². The third-order valence-corrected chi connectivity index (χ3v) is 3.22. The summed E-state index contributed by atoms with van der Waals surface area (Å²) in [7, 11) is 1.72. The molecular weight excluding hydrogens is 252 g/mol. The quantitative estimate of drug-likeness (QED) is 0.732. The number of aryl methyl sites for hydroxylation is 1. The van der Waals surface area contributed by atoms with Crippen molar-refractivity contribution in [2.24, 2.45) is 7.05 Å². The van der Waals surface area contributed by atoms with Gasteiger partial charge in [0.25, 0.3) is 5.56 Å². The summed E-state index contributed by atoms with van der Waals surface area (Å²) in [5.74, 6) is 0.551. The van der Waals surface area contributed by atoms with Crippen LogP contribution in [-0.4, -0.2) is 9.55 Å². The third kappa shape index (κ3) is 2.28. The van der Waals surface area contributed by atoms with Crippen molar-refractivity contribution in [3.05, 3.63) is 76.7 Å². The van der Waals surface area contributed by atoms with Crippen LogP contribution in [0.3, 0.4) is 0 Å². The standard InChI is InChI=1S/C16H14N2O2/c1-18-9-5-8-13(16(18)19)15-14(17-11-20-15)10-12-6-3-2-4-7-12/h2-9,11H,10H2,1H3. The molecule has 20 heavy (non-hydrogen) atoms. The van der Waals surface area contributed by atoms with Crippen LogP contribution >= 0.6 is 0 Å². The number of hydrogen-bond acceptors (Lipinski definition) is 3. The molecule has 2 aromatic heterocycles. The summed E-state index contributed by atoms with van der Waals surface area (Å²) in [5, 5.41) is 0.